The Morgan fingerprint density at radius 1 is 1.29 bits per heavy atom. The van der Waals surface area contributed by atoms with Crippen molar-refractivity contribution in [1.29, 1.82) is 0 Å². The molecule has 21 heavy (non-hydrogen) atoms. The lowest BCUT2D eigenvalue weighted by molar-refractivity contribution is -0.123. The summed E-state index contributed by atoms with van der Waals surface area (Å²) in [7, 11) is 0. The smallest absolute Gasteiger partial charge is 0.237 e. The highest BCUT2D eigenvalue weighted by Crippen LogP contribution is 2.16. The van der Waals surface area contributed by atoms with Crippen molar-refractivity contribution in [3.63, 3.8) is 0 Å². The summed E-state index contributed by atoms with van der Waals surface area (Å²) in [5.41, 5.74) is 2.60. The van der Waals surface area contributed by atoms with Crippen molar-refractivity contribution in [1.82, 2.24) is 15.5 Å². The molecule has 2 rings (SSSR count). The molecule has 0 bridgehead atoms. The van der Waals surface area contributed by atoms with Crippen molar-refractivity contribution >= 4 is 5.91 Å². The highest BCUT2D eigenvalue weighted by Gasteiger charge is 2.23. The van der Waals surface area contributed by atoms with Crippen LogP contribution in [0.2, 0.25) is 0 Å². The molecule has 0 fully saturated rings. The number of carbonyl (C=O) groups excluding carboxylic acids is 1. The van der Waals surface area contributed by atoms with E-state index in [4.69, 9.17) is 0 Å². The van der Waals surface area contributed by atoms with Crippen LogP contribution in [0.4, 0.5) is 0 Å². The molecule has 4 heteroatoms. The third kappa shape index (κ3) is 4.55. The summed E-state index contributed by atoms with van der Waals surface area (Å²) in [6.07, 6.45) is 1.80. The zero-order chi connectivity index (χ0) is 15.1. The van der Waals surface area contributed by atoms with E-state index in [1.54, 1.807) is 0 Å². The number of carbonyl (C=O) groups is 1. The molecule has 0 radical (unpaired) electrons. The van der Waals surface area contributed by atoms with Gasteiger partial charge in [0.05, 0.1) is 6.04 Å². The Morgan fingerprint density at radius 3 is 2.71 bits per heavy atom. The fourth-order valence-corrected chi connectivity index (χ4v) is 2.82. The van der Waals surface area contributed by atoms with Crippen molar-refractivity contribution in [2.75, 3.05) is 26.2 Å². The molecular formula is C17H27N3O. The van der Waals surface area contributed by atoms with Gasteiger partial charge < -0.3 is 15.5 Å². The van der Waals surface area contributed by atoms with Gasteiger partial charge in [-0.3, -0.25) is 4.79 Å². The van der Waals surface area contributed by atoms with Crippen molar-refractivity contribution in [3.05, 3.63) is 35.4 Å². The van der Waals surface area contributed by atoms with Crippen LogP contribution >= 0.6 is 0 Å². The fraction of sp³-hybridized carbons (Fsp3) is 0.588. The molecule has 0 aromatic heterocycles. The van der Waals surface area contributed by atoms with E-state index in [2.05, 4.69) is 41.5 Å². The Bertz CT molecular complexity index is 457. The maximum atomic E-state index is 12.2. The topological polar surface area (TPSA) is 44.4 Å². The van der Waals surface area contributed by atoms with Crippen LogP contribution in [0.1, 0.15) is 31.4 Å². The van der Waals surface area contributed by atoms with Gasteiger partial charge in [-0.1, -0.05) is 38.1 Å². The molecule has 1 aromatic carbocycles. The molecular weight excluding hydrogens is 262 g/mol. The highest BCUT2D eigenvalue weighted by molar-refractivity contribution is 5.82. The van der Waals surface area contributed by atoms with E-state index in [1.165, 1.54) is 11.1 Å². The fourth-order valence-electron chi connectivity index (χ4n) is 2.82. The Hall–Kier alpha value is -1.39. The van der Waals surface area contributed by atoms with E-state index >= 15 is 0 Å². The second kappa shape index (κ2) is 8.15. The molecule has 2 N–H and O–H groups in total. The number of rotatable bonds is 7. The molecule has 0 aliphatic carbocycles. The van der Waals surface area contributed by atoms with E-state index in [0.29, 0.717) is 0 Å². The van der Waals surface area contributed by atoms with E-state index in [-0.39, 0.29) is 11.9 Å². The van der Waals surface area contributed by atoms with Crippen LogP contribution in [0.5, 0.6) is 0 Å². The minimum Gasteiger partial charge on any atom is -0.355 e. The Kier molecular flexibility index (Phi) is 6.21. The molecule has 1 aliphatic rings. The summed E-state index contributed by atoms with van der Waals surface area (Å²) >= 11 is 0. The maximum absolute atomic E-state index is 12.2. The molecule has 1 heterocycles. The molecule has 116 valence electrons. The van der Waals surface area contributed by atoms with Gasteiger partial charge in [-0.15, -0.1) is 0 Å². The van der Waals surface area contributed by atoms with Crippen molar-refractivity contribution < 1.29 is 4.79 Å². The summed E-state index contributed by atoms with van der Waals surface area (Å²) in [6.45, 7) is 9.09. The van der Waals surface area contributed by atoms with Gasteiger partial charge in [-0.2, -0.15) is 0 Å². The summed E-state index contributed by atoms with van der Waals surface area (Å²) in [5, 5.41) is 6.38. The zero-order valence-electron chi connectivity index (χ0n) is 13.2. The van der Waals surface area contributed by atoms with Crippen LogP contribution in [-0.4, -0.2) is 43.0 Å². The predicted octanol–water partition coefficient (Wildman–Crippen LogP) is 1.55. The Balaban J connectivity index is 1.73. The van der Waals surface area contributed by atoms with Crippen LogP contribution in [0.25, 0.3) is 0 Å². The standard InChI is InChI=1S/C17H27N3O/c1-3-20(4-2)11-7-10-18-17(21)16-12-14-8-5-6-9-15(14)13-19-16/h5-6,8-9,16,19H,3-4,7,10-13H2,1-2H3,(H,18,21)/t16-/m0/s1. The van der Waals surface area contributed by atoms with Gasteiger partial charge in [0.1, 0.15) is 0 Å². The van der Waals surface area contributed by atoms with Gasteiger partial charge in [0, 0.05) is 13.1 Å². The first-order valence-corrected chi connectivity index (χ1v) is 8.04. The summed E-state index contributed by atoms with van der Waals surface area (Å²) in [5.74, 6) is 0.129. The van der Waals surface area contributed by atoms with E-state index in [1.807, 2.05) is 12.1 Å². The highest BCUT2D eigenvalue weighted by atomic mass is 16.2. The molecule has 4 nitrogen and oxygen atoms in total. The van der Waals surface area contributed by atoms with Gasteiger partial charge in [-0.25, -0.2) is 0 Å². The van der Waals surface area contributed by atoms with Crippen molar-refractivity contribution in [2.45, 2.75) is 39.3 Å². The number of hydrogen-bond donors (Lipinski definition) is 2. The molecule has 0 unspecified atom stereocenters. The molecule has 1 atom stereocenters. The first kappa shape index (κ1) is 16.0. The van der Waals surface area contributed by atoms with Crippen LogP contribution < -0.4 is 10.6 Å². The second-order valence-electron chi connectivity index (χ2n) is 5.58. The number of fused-ring (bicyclic) bond motifs is 1. The van der Waals surface area contributed by atoms with Crippen LogP contribution in [0, 0.1) is 0 Å². The Labute approximate surface area is 127 Å². The predicted molar refractivity (Wildman–Crippen MR) is 86.2 cm³/mol. The lowest BCUT2D eigenvalue weighted by atomic mass is 9.95. The summed E-state index contributed by atoms with van der Waals surface area (Å²) < 4.78 is 0. The van der Waals surface area contributed by atoms with E-state index in [0.717, 1.165) is 45.6 Å². The molecule has 0 spiro atoms. The largest absolute Gasteiger partial charge is 0.355 e. The van der Waals surface area contributed by atoms with Gasteiger partial charge in [0.25, 0.3) is 0 Å². The van der Waals surface area contributed by atoms with Crippen molar-refractivity contribution in [3.8, 4) is 0 Å². The van der Waals surface area contributed by atoms with Gasteiger partial charge >= 0.3 is 0 Å². The normalized spacial score (nSPS) is 17.6. The summed E-state index contributed by atoms with van der Waals surface area (Å²) in [6, 6.07) is 8.25. The first-order valence-electron chi connectivity index (χ1n) is 8.04. The average molecular weight is 289 g/mol. The second-order valence-corrected chi connectivity index (χ2v) is 5.58. The monoisotopic (exact) mass is 289 g/mol. The third-order valence-corrected chi connectivity index (χ3v) is 4.24. The minimum absolute atomic E-state index is 0.0895. The van der Waals surface area contributed by atoms with Gasteiger partial charge in [0.2, 0.25) is 5.91 Å². The SMILES string of the molecule is CCN(CC)CCCNC(=O)[C@@H]1Cc2ccccc2CN1. The number of nitrogens with one attached hydrogen (secondary N) is 2. The Morgan fingerprint density at radius 2 is 2.00 bits per heavy atom. The quantitative estimate of drug-likeness (QED) is 0.749. The average Bonchev–Trinajstić information content (AvgIpc) is 2.54. The van der Waals surface area contributed by atoms with Crippen LogP contribution in [0.3, 0.4) is 0 Å². The van der Waals surface area contributed by atoms with E-state index in [9.17, 15) is 4.79 Å². The zero-order valence-corrected chi connectivity index (χ0v) is 13.2. The number of amides is 1. The number of benzene rings is 1. The van der Waals surface area contributed by atoms with Gasteiger partial charge in [-0.05, 0) is 43.6 Å². The molecule has 0 saturated heterocycles. The van der Waals surface area contributed by atoms with Crippen LogP contribution in [-0.2, 0) is 17.8 Å². The summed E-state index contributed by atoms with van der Waals surface area (Å²) in [4.78, 5) is 14.6. The minimum atomic E-state index is -0.0895. The van der Waals surface area contributed by atoms with Crippen LogP contribution in [0.15, 0.2) is 24.3 Å². The molecule has 1 amide bonds. The number of nitrogens with zero attached hydrogens (tertiary/aromatic N) is 1. The van der Waals surface area contributed by atoms with Crippen molar-refractivity contribution in [2.24, 2.45) is 0 Å². The third-order valence-electron chi connectivity index (χ3n) is 4.24. The molecule has 1 aromatic rings. The molecule has 1 aliphatic heterocycles. The number of hydrogen-bond acceptors (Lipinski definition) is 3. The first-order chi connectivity index (χ1) is 10.2. The maximum Gasteiger partial charge on any atom is 0.237 e. The van der Waals surface area contributed by atoms with E-state index < -0.39 is 0 Å². The lowest BCUT2D eigenvalue weighted by Gasteiger charge is -2.25. The molecule has 0 saturated carbocycles. The lowest BCUT2D eigenvalue weighted by Crippen LogP contribution is -2.48. The van der Waals surface area contributed by atoms with Gasteiger partial charge in [0.15, 0.2) is 0 Å².